The maximum absolute atomic E-state index is 12.3. The minimum atomic E-state index is -0.789. The summed E-state index contributed by atoms with van der Waals surface area (Å²) in [6, 6.07) is 8.16. The SMILES string of the molecule is COc1ccc([C@H]2C(C#N)=C(N)Oc3c2oc(CO)cc3=O)cc1OC. The summed E-state index contributed by atoms with van der Waals surface area (Å²) in [5, 5.41) is 18.9. The molecule has 1 atom stereocenters. The lowest BCUT2D eigenvalue weighted by molar-refractivity contribution is 0.231. The third-order valence-corrected chi connectivity index (χ3v) is 4.03. The minimum absolute atomic E-state index is 0.0561. The molecule has 26 heavy (non-hydrogen) atoms. The number of fused-ring (bicyclic) bond motifs is 1. The zero-order valence-electron chi connectivity index (χ0n) is 14.1. The van der Waals surface area contributed by atoms with Crippen LogP contribution < -0.4 is 25.4 Å². The number of allylic oxidation sites excluding steroid dienone is 1. The van der Waals surface area contributed by atoms with Crippen molar-refractivity contribution in [2.24, 2.45) is 5.73 Å². The number of nitrogens with two attached hydrogens (primary N) is 1. The molecule has 1 aromatic carbocycles. The third-order valence-electron chi connectivity index (χ3n) is 4.03. The van der Waals surface area contributed by atoms with Crippen LogP contribution in [0.2, 0.25) is 0 Å². The average Bonchev–Trinajstić information content (AvgIpc) is 2.66. The van der Waals surface area contributed by atoms with E-state index >= 15 is 0 Å². The standard InChI is InChI=1S/C18H16N2O6/c1-23-13-4-3-9(5-14(13)24-2)15-11(7-19)18(20)26-16-12(22)6-10(8-21)25-17(15)16/h3-6,15,21H,8,20H2,1-2H3/t15-/m0/s1. The van der Waals surface area contributed by atoms with E-state index in [2.05, 4.69) is 0 Å². The van der Waals surface area contributed by atoms with Crippen molar-refractivity contribution in [2.45, 2.75) is 12.5 Å². The van der Waals surface area contributed by atoms with Crippen LogP contribution in [0.4, 0.5) is 0 Å². The van der Waals surface area contributed by atoms with Gasteiger partial charge in [-0.15, -0.1) is 0 Å². The number of nitrogens with zero attached hydrogens (tertiary/aromatic N) is 1. The number of rotatable bonds is 4. The monoisotopic (exact) mass is 356 g/mol. The second kappa shape index (κ2) is 6.82. The van der Waals surface area contributed by atoms with Crippen LogP contribution in [0.15, 0.2) is 44.9 Å². The molecule has 0 amide bonds. The van der Waals surface area contributed by atoms with Crippen LogP contribution in [-0.4, -0.2) is 19.3 Å². The third kappa shape index (κ3) is 2.74. The van der Waals surface area contributed by atoms with Gasteiger partial charge in [-0.1, -0.05) is 6.07 Å². The van der Waals surface area contributed by atoms with E-state index in [-0.39, 0.29) is 28.7 Å². The van der Waals surface area contributed by atoms with Gasteiger partial charge in [-0.25, -0.2) is 0 Å². The fourth-order valence-electron chi connectivity index (χ4n) is 2.83. The molecule has 1 aliphatic rings. The van der Waals surface area contributed by atoms with E-state index < -0.39 is 18.0 Å². The van der Waals surface area contributed by atoms with Gasteiger partial charge in [-0.3, -0.25) is 4.79 Å². The highest BCUT2D eigenvalue weighted by atomic mass is 16.5. The Kier molecular flexibility index (Phi) is 4.56. The van der Waals surface area contributed by atoms with Crippen molar-refractivity contribution in [3.05, 3.63) is 63.0 Å². The Morgan fingerprint density at radius 2 is 2.00 bits per heavy atom. The number of benzene rings is 1. The smallest absolute Gasteiger partial charge is 0.228 e. The number of aliphatic hydroxyl groups excluding tert-OH is 1. The van der Waals surface area contributed by atoms with Crippen molar-refractivity contribution in [3.8, 4) is 23.3 Å². The van der Waals surface area contributed by atoms with E-state index in [0.29, 0.717) is 17.1 Å². The molecule has 8 heteroatoms. The van der Waals surface area contributed by atoms with Crippen LogP contribution in [0.25, 0.3) is 0 Å². The second-order valence-electron chi connectivity index (χ2n) is 5.47. The first-order valence-corrected chi connectivity index (χ1v) is 7.61. The van der Waals surface area contributed by atoms with Crippen molar-refractivity contribution in [2.75, 3.05) is 14.2 Å². The Balaban J connectivity index is 2.27. The lowest BCUT2D eigenvalue weighted by Gasteiger charge is -2.25. The molecule has 0 fully saturated rings. The molecule has 0 unspecified atom stereocenters. The molecule has 0 saturated carbocycles. The molecule has 3 rings (SSSR count). The summed E-state index contributed by atoms with van der Waals surface area (Å²) in [6.45, 7) is -0.470. The number of hydrogen-bond acceptors (Lipinski definition) is 8. The van der Waals surface area contributed by atoms with Gasteiger partial charge < -0.3 is 29.5 Å². The van der Waals surface area contributed by atoms with Gasteiger partial charge in [0.25, 0.3) is 0 Å². The molecule has 1 aromatic heterocycles. The van der Waals surface area contributed by atoms with Crippen molar-refractivity contribution < 1.29 is 23.7 Å². The summed E-state index contributed by atoms with van der Waals surface area (Å²) in [4.78, 5) is 12.3. The highest BCUT2D eigenvalue weighted by Crippen LogP contribution is 2.43. The maximum Gasteiger partial charge on any atom is 0.228 e. The molecule has 0 bridgehead atoms. The molecule has 2 aromatic rings. The molecule has 0 radical (unpaired) electrons. The van der Waals surface area contributed by atoms with Gasteiger partial charge in [0.15, 0.2) is 17.3 Å². The van der Waals surface area contributed by atoms with Crippen LogP contribution in [0.5, 0.6) is 17.2 Å². The summed E-state index contributed by atoms with van der Waals surface area (Å²) < 4.78 is 21.5. The minimum Gasteiger partial charge on any atom is -0.493 e. The highest BCUT2D eigenvalue weighted by molar-refractivity contribution is 5.55. The first kappa shape index (κ1) is 17.4. The predicted molar refractivity (Wildman–Crippen MR) is 89.7 cm³/mol. The van der Waals surface area contributed by atoms with E-state index in [4.69, 9.17) is 24.4 Å². The number of nitriles is 1. The summed E-state index contributed by atoms with van der Waals surface area (Å²) in [6.07, 6.45) is 0. The summed E-state index contributed by atoms with van der Waals surface area (Å²) in [7, 11) is 2.99. The van der Waals surface area contributed by atoms with Crippen molar-refractivity contribution in [1.29, 1.82) is 5.26 Å². The van der Waals surface area contributed by atoms with E-state index in [1.54, 1.807) is 18.2 Å². The fraction of sp³-hybridized carbons (Fsp3) is 0.222. The zero-order valence-corrected chi connectivity index (χ0v) is 14.1. The van der Waals surface area contributed by atoms with Gasteiger partial charge in [-0.05, 0) is 17.7 Å². The molecule has 134 valence electrons. The van der Waals surface area contributed by atoms with Crippen LogP contribution in [0, 0.1) is 11.3 Å². The average molecular weight is 356 g/mol. The molecular weight excluding hydrogens is 340 g/mol. The van der Waals surface area contributed by atoms with Gasteiger partial charge in [0.2, 0.25) is 17.1 Å². The second-order valence-corrected chi connectivity index (χ2v) is 5.47. The number of aliphatic hydroxyl groups is 1. The number of hydrogen-bond donors (Lipinski definition) is 2. The lowest BCUT2D eigenvalue weighted by Crippen LogP contribution is -2.25. The predicted octanol–water partition coefficient (Wildman–Crippen LogP) is 1.37. The Hall–Kier alpha value is -3.44. The molecule has 0 aliphatic carbocycles. The fourth-order valence-corrected chi connectivity index (χ4v) is 2.83. The Bertz CT molecular complexity index is 986. The van der Waals surface area contributed by atoms with E-state index in [1.165, 1.54) is 14.2 Å². The van der Waals surface area contributed by atoms with Crippen LogP contribution in [0.1, 0.15) is 23.0 Å². The van der Waals surface area contributed by atoms with E-state index in [1.807, 2.05) is 6.07 Å². The highest BCUT2D eigenvalue weighted by Gasteiger charge is 2.35. The number of ether oxygens (including phenoxy) is 3. The first-order valence-electron chi connectivity index (χ1n) is 7.61. The lowest BCUT2D eigenvalue weighted by atomic mass is 9.87. The molecule has 1 aliphatic heterocycles. The van der Waals surface area contributed by atoms with Gasteiger partial charge in [0.1, 0.15) is 24.0 Å². The Morgan fingerprint density at radius 3 is 2.62 bits per heavy atom. The first-order chi connectivity index (χ1) is 12.5. The van der Waals surface area contributed by atoms with Gasteiger partial charge in [-0.2, -0.15) is 5.26 Å². The van der Waals surface area contributed by atoms with Crippen molar-refractivity contribution >= 4 is 0 Å². The zero-order chi connectivity index (χ0) is 18.8. The van der Waals surface area contributed by atoms with Crippen molar-refractivity contribution in [3.63, 3.8) is 0 Å². The van der Waals surface area contributed by atoms with E-state index in [9.17, 15) is 15.2 Å². The molecule has 8 nitrogen and oxygen atoms in total. The van der Waals surface area contributed by atoms with Gasteiger partial charge in [0.05, 0.1) is 20.1 Å². The van der Waals surface area contributed by atoms with Crippen LogP contribution in [-0.2, 0) is 6.61 Å². The summed E-state index contributed by atoms with van der Waals surface area (Å²) in [5.74, 6) is 0.0179. The molecular formula is C18H16N2O6. The number of methoxy groups -OCH3 is 2. The van der Waals surface area contributed by atoms with Crippen LogP contribution >= 0.6 is 0 Å². The van der Waals surface area contributed by atoms with Gasteiger partial charge in [0, 0.05) is 6.07 Å². The Morgan fingerprint density at radius 1 is 1.27 bits per heavy atom. The topological polar surface area (TPSA) is 128 Å². The molecule has 0 saturated heterocycles. The largest absolute Gasteiger partial charge is 0.493 e. The molecule has 3 N–H and O–H groups in total. The maximum atomic E-state index is 12.3. The van der Waals surface area contributed by atoms with Crippen molar-refractivity contribution in [1.82, 2.24) is 0 Å². The normalized spacial score (nSPS) is 15.7. The quantitative estimate of drug-likeness (QED) is 0.840. The molecule has 2 heterocycles. The van der Waals surface area contributed by atoms with Gasteiger partial charge >= 0.3 is 0 Å². The van der Waals surface area contributed by atoms with Crippen LogP contribution in [0.3, 0.4) is 0 Å². The Labute approximate surface area is 148 Å². The molecule has 0 spiro atoms. The van der Waals surface area contributed by atoms with E-state index in [0.717, 1.165) is 6.07 Å². The summed E-state index contributed by atoms with van der Waals surface area (Å²) in [5.41, 5.74) is 6.02. The summed E-state index contributed by atoms with van der Waals surface area (Å²) >= 11 is 0.